The minimum Gasteiger partial charge on any atom is -0.349 e. The number of aromatic nitrogens is 1. The highest BCUT2D eigenvalue weighted by molar-refractivity contribution is 5.98. The zero-order valence-electron chi connectivity index (χ0n) is 11.3. The SMILES string of the molecule is Cl.Cl.O=C(NC1C2CNCC21)c1ccc2ncccc2c1. The highest BCUT2D eigenvalue weighted by Gasteiger charge is 2.53. The summed E-state index contributed by atoms with van der Waals surface area (Å²) in [4.78, 5) is 16.5. The molecule has 2 aromatic rings. The number of pyridine rings is 1. The fourth-order valence-electron chi connectivity index (χ4n) is 3.08. The molecule has 1 aromatic carbocycles. The second kappa shape index (κ2) is 6.18. The second-order valence-corrected chi connectivity index (χ2v) is 5.40. The first-order valence-corrected chi connectivity index (χ1v) is 6.69. The van der Waals surface area contributed by atoms with Crippen molar-refractivity contribution in [3.8, 4) is 0 Å². The summed E-state index contributed by atoms with van der Waals surface area (Å²) in [6.07, 6.45) is 1.76. The van der Waals surface area contributed by atoms with Crippen LogP contribution in [0.2, 0.25) is 0 Å². The second-order valence-electron chi connectivity index (χ2n) is 5.40. The largest absolute Gasteiger partial charge is 0.349 e. The minimum absolute atomic E-state index is 0. The zero-order chi connectivity index (χ0) is 12.8. The van der Waals surface area contributed by atoms with Gasteiger partial charge in [-0.3, -0.25) is 9.78 Å². The monoisotopic (exact) mass is 325 g/mol. The highest BCUT2D eigenvalue weighted by Crippen LogP contribution is 2.41. The first kappa shape index (κ1) is 16.0. The van der Waals surface area contributed by atoms with Gasteiger partial charge < -0.3 is 10.6 Å². The molecule has 4 nitrogen and oxygen atoms in total. The lowest BCUT2D eigenvalue weighted by Gasteiger charge is -2.08. The third kappa shape index (κ3) is 2.84. The summed E-state index contributed by atoms with van der Waals surface area (Å²) in [6.45, 7) is 2.08. The smallest absolute Gasteiger partial charge is 0.251 e. The van der Waals surface area contributed by atoms with Gasteiger partial charge in [0.25, 0.3) is 5.91 Å². The van der Waals surface area contributed by atoms with Gasteiger partial charge in [0.2, 0.25) is 0 Å². The van der Waals surface area contributed by atoms with Gasteiger partial charge in [0, 0.05) is 36.3 Å². The van der Waals surface area contributed by atoms with Crippen molar-refractivity contribution in [2.45, 2.75) is 6.04 Å². The first-order valence-electron chi connectivity index (χ1n) is 6.69. The van der Waals surface area contributed by atoms with Crippen LogP contribution in [-0.2, 0) is 0 Å². The molecule has 1 saturated heterocycles. The number of halogens is 2. The third-order valence-corrected chi connectivity index (χ3v) is 4.25. The Bertz CT molecular complexity index is 654. The fraction of sp³-hybridized carbons (Fsp3) is 0.333. The van der Waals surface area contributed by atoms with Crippen LogP contribution in [0.15, 0.2) is 36.5 Å². The molecule has 2 aliphatic rings. The van der Waals surface area contributed by atoms with Crippen LogP contribution in [0.4, 0.5) is 0 Å². The van der Waals surface area contributed by atoms with Crippen molar-refractivity contribution in [3.63, 3.8) is 0 Å². The molecule has 2 heterocycles. The molecule has 1 aromatic heterocycles. The van der Waals surface area contributed by atoms with Crippen molar-refractivity contribution in [1.82, 2.24) is 15.6 Å². The summed E-state index contributed by atoms with van der Waals surface area (Å²) in [6, 6.07) is 9.91. The van der Waals surface area contributed by atoms with E-state index in [1.165, 1.54) is 0 Å². The molecule has 0 bridgehead atoms. The molecule has 2 N–H and O–H groups in total. The molecule has 2 fully saturated rings. The van der Waals surface area contributed by atoms with Crippen LogP contribution in [0, 0.1) is 11.8 Å². The maximum absolute atomic E-state index is 12.2. The van der Waals surface area contributed by atoms with Crippen molar-refractivity contribution in [2.75, 3.05) is 13.1 Å². The lowest BCUT2D eigenvalue weighted by Crippen LogP contribution is -2.32. The molecule has 2 atom stereocenters. The van der Waals surface area contributed by atoms with E-state index in [4.69, 9.17) is 0 Å². The molecule has 1 saturated carbocycles. The molecule has 2 unspecified atom stereocenters. The molecule has 112 valence electrons. The van der Waals surface area contributed by atoms with Crippen LogP contribution in [-0.4, -0.2) is 30.0 Å². The number of rotatable bonds is 2. The number of benzene rings is 1. The van der Waals surface area contributed by atoms with Gasteiger partial charge in [-0.2, -0.15) is 0 Å². The maximum atomic E-state index is 12.2. The summed E-state index contributed by atoms with van der Waals surface area (Å²) < 4.78 is 0. The highest BCUT2D eigenvalue weighted by atomic mass is 35.5. The van der Waals surface area contributed by atoms with E-state index in [1.807, 2.05) is 30.3 Å². The summed E-state index contributed by atoms with van der Waals surface area (Å²) >= 11 is 0. The number of hydrogen-bond acceptors (Lipinski definition) is 3. The van der Waals surface area contributed by atoms with Gasteiger partial charge in [0.1, 0.15) is 0 Å². The average molecular weight is 326 g/mol. The van der Waals surface area contributed by atoms with Crippen molar-refractivity contribution in [3.05, 3.63) is 42.1 Å². The number of hydrogen-bond donors (Lipinski definition) is 2. The van der Waals surface area contributed by atoms with Gasteiger partial charge >= 0.3 is 0 Å². The van der Waals surface area contributed by atoms with Gasteiger partial charge in [-0.25, -0.2) is 0 Å². The summed E-state index contributed by atoms with van der Waals surface area (Å²) in [5.74, 6) is 1.32. The van der Waals surface area contributed by atoms with Crippen molar-refractivity contribution >= 4 is 41.6 Å². The van der Waals surface area contributed by atoms with Gasteiger partial charge in [-0.05, 0) is 36.1 Å². The number of fused-ring (bicyclic) bond motifs is 2. The molecule has 21 heavy (non-hydrogen) atoms. The van der Waals surface area contributed by atoms with E-state index < -0.39 is 0 Å². The normalized spacial score (nSPS) is 25.4. The van der Waals surface area contributed by atoms with Crippen molar-refractivity contribution in [1.29, 1.82) is 0 Å². The minimum atomic E-state index is 0. The van der Waals surface area contributed by atoms with Gasteiger partial charge in [-0.1, -0.05) is 6.07 Å². The van der Waals surface area contributed by atoms with Gasteiger partial charge in [0.05, 0.1) is 5.52 Å². The fourth-order valence-corrected chi connectivity index (χ4v) is 3.08. The van der Waals surface area contributed by atoms with Crippen LogP contribution >= 0.6 is 24.8 Å². The van der Waals surface area contributed by atoms with Crippen LogP contribution in [0.5, 0.6) is 0 Å². The van der Waals surface area contributed by atoms with E-state index in [2.05, 4.69) is 15.6 Å². The Morgan fingerprint density at radius 1 is 1.19 bits per heavy atom. The molecule has 1 aliphatic heterocycles. The van der Waals surface area contributed by atoms with Gasteiger partial charge in [0.15, 0.2) is 0 Å². The topological polar surface area (TPSA) is 54.0 Å². The van der Waals surface area contributed by atoms with E-state index in [1.54, 1.807) is 6.20 Å². The van der Waals surface area contributed by atoms with Crippen molar-refractivity contribution < 1.29 is 4.79 Å². The lowest BCUT2D eigenvalue weighted by atomic mass is 10.1. The van der Waals surface area contributed by atoms with Crippen LogP contribution in [0.3, 0.4) is 0 Å². The molecule has 0 spiro atoms. The maximum Gasteiger partial charge on any atom is 0.251 e. The molecule has 0 radical (unpaired) electrons. The Hall–Kier alpha value is -1.36. The number of carbonyl (C=O) groups is 1. The Kier molecular flexibility index (Phi) is 4.71. The molecule has 6 heteroatoms. The Morgan fingerprint density at radius 2 is 1.95 bits per heavy atom. The number of nitrogens with zero attached hydrogens (tertiary/aromatic N) is 1. The number of carbonyl (C=O) groups excluding carboxylic acids is 1. The lowest BCUT2D eigenvalue weighted by molar-refractivity contribution is 0.0946. The Balaban J connectivity index is 0.000000807. The number of piperidine rings is 1. The quantitative estimate of drug-likeness (QED) is 0.888. The summed E-state index contributed by atoms with van der Waals surface area (Å²) in [5, 5.41) is 7.47. The zero-order valence-corrected chi connectivity index (χ0v) is 12.9. The molecule has 4 rings (SSSR count). The van der Waals surface area contributed by atoms with Crippen LogP contribution in [0.25, 0.3) is 10.9 Å². The first-order chi connectivity index (χ1) is 9.33. The third-order valence-electron chi connectivity index (χ3n) is 4.25. The van der Waals surface area contributed by atoms with E-state index in [-0.39, 0.29) is 30.7 Å². The van der Waals surface area contributed by atoms with E-state index in [0.717, 1.165) is 29.6 Å². The van der Waals surface area contributed by atoms with E-state index in [0.29, 0.717) is 17.9 Å². The Morgan fingerprint density at radius 3 is 2.71 bits per heavy atom. The van der Waals surface area contributed by atoms with Crippen LogP contribution in [0.1, 0.15) is 10.4 Å². The molecular formula is C15H17Cl2N3O. The average Bonchev–Trinajstić information content (AvgIpc) is 2.88. The van der Waals surface area contributed by atoms with Gasteiger partial charge in [-0.15, -0.1) is 24.8 Å². The predicted molar refractivity (Wildman–Crippen MR) is 87.3 cm³/mol. The molecule has 1 amide bonds. The number of amides is 1. The van der Waals surface area contributed by atoms with Crippen molar-refractivity contribution in [2.24, 2.45) is 11.8 Å². The molecule has 1 aliphatic carbocycles. The Labute approximate surface area is 135 Å². The van der Waals surface area contributed by atoms with E-state index >= 15 is 0 Å². The predicted octanol–water partition coefficient (Wildman–Crippen LogP) is 2.03. The number of nitrogens with one attached hydrogen (secondary N) is 2. The van der Waals surface area contributed by atoms with Crippen LogP contribution < -0.4 is 10.6 Å². The summed E-state index contributed by atoms with van der Waals surface area (Å²) in [7, 11) is 0. The standard InChI is InChI=1S/C15H15N3O.2ClH/c19-15(18-14-11-7-16-8-12(11)14)10-3-4-13-9(6-10)2-1-5-17-13;;/h1-6,11-12,14,16H,7-8H2,(H,18,19);2*1H. The van der Waals surface area contributed by atoms with E-state index in [9.17, 15) is 4.79 Å². The molecular weight excluding hydrogens is 309 g/mol. The summed E-state index contributed by atoms with van der Waals surface area (Å²) in [5.41, 5.74) is 1.64.